The molecule has 0 N–H and O–H groups in total. The highest BCUT2D eigenvalue weighted by molar-refractivity contribution is 7.14. The Kier molecular flexibility index (Phi) is 27.7. The Labute approximate surface area is 683 Å². The lowest BCUT2D eigenvalue weighted by atomic mass is 9.70. The molecule has 2 heteroatoms. The first-order valence-corrected chi connectivity index (χ1v) is 47.8. The van der Waals surface area contributed by atoms with Crippen molar-refractivity contribution in [3.63, 3.8) is 0 Å². The third-order valence-electron chi connectivity index (χ3n) is 25.6. The van der Waals surface area contributed by atoms with E-state index in [0.717, 1.165) is 84.7 Å². The molecule has 0 bridgehead atoms. The van der Waals surface area contributed by atoms with Crippen LogP contribution in [0.3, 0.4) is 0 Å². The quantitative estimate of drug-likeness (QED) is 0.0214. The van der Waals surface area contributed by atoms with Crippen molar-refractivity contribution in [2.24, 2.45) is 0 Å². The number of fused-ring (bicyclic) bond motifs is 9. The largest absolute Gasteiger partial charge is 0.276 e. The predicted octanol–water partition coefficient (Wildman–Crippen LogP) is 25.8. The van der Waals surface area contributed by atoms with Crippen molar-refractivity contribution >= 4 is 36.9 Å². The minimum absolute atomic E-state index is 0.135. The van der Waals surface area contributed by atoms with Crippen molar-refractivity contribution in [2.75, 3.05) is 0 Å². The molecule has 10 aromatic carbocycles. The van der Waals surface area contributed by atoms with Crippen molar-refractivity contribution in [3.05, 3.63) is 297 Å². The van der Waals surface area contributed by atoms with Crippen molar-refractivity contribution in [2.45, 2.75) is 250 Å². The molecule has 3 aliphatic rings. The molecule has 0 radical (unpaired) electrons. The fourth-order valence-electron chi connectivity index (χ4n) is 19.5. The average Bonchev–Trinajstić information content (AvgIpc) is 1.76. The van der Waals surface area contributed by atoms with Gasteiger partial charge in [-0.2, -0.15) is 0 Å². The fraction of sp³-hybridized carbons (Fsp3) is 0.351. The number of rotatable bonds is 34. The molecule has 0 unspecified atom stereocenters. The van der Waals surface area contributed by atoms with Crippen LogP contribution >= 0.6 is 0 Å². The number of benzene rings is 10. The summed E-state index contributed by atoms with van der Waals surface area (Å²) in [5.41, 5.74) is 38.8. The zero-order valence-corrected chi connectivity index (χ0v) is 70.8. The maximum absolute atomic E-state index is 6.22. The predicted molar refractivity (Wildman–Crippen MR) is 490 cm³/mol. The molecule has 13 rings (SSSR count). The Morgan fingerprint density at radius 3 is 0.593 bits per heavy atom. The standard InChI is InChI=1S/C111H118Si2/c1-9-17-23-41-71-109(72-42-24-18-10-2)103-81-87(15-7)55-61-97(103)99-63-57-89(83-105(99)109)67-77-112(93-47-33-29-34-48-93,94-49-35-30-36-50-94)79-69-91-59-65-101-102-66-60-92(86-108(102)111(107(101)85-91,75-45-27-21-13-5)76-46-28-22-14-6)70-80-113(95-51-37-31-38-52-95,96-53-39-32-40-54-96)78-68-90-58-64-100-98-62-56-88(16-8)82-104(98)110(106(100)84-90,73-43-25-19-11-3)74-44-26-20-12-4/h7-8,29-40,47-66,81-86H,9-14,17-28,41-46,71-76H2,1-6H3. The molecule has 0 fully saturated rings. The summed E-state index contributed by atoms with van der Waals surface area (Å²) in [4.78, 5) is 0. The van der Waals surface area contributed by atoms with Gasteiger partial charge in [-0.15, -0.1) is 12.8 Å². The molecule has 0 saturated carbocycles. The summed E-state index contributed by atoms with van der Waals surface area (Å²) >= 11 is 0. The van der Waals surface area contributed by atoms with Crippen molar-refractivity contribution in [1.29, 1.82) is 0 Å². The third-order valence-corrected chi connectivity index (χ3v) is 32.4. The summed E-state index contributed by atoms with van der Waals surface area (Å²) in [7, 11) is -6.43. The van der Waals surface area contributed by atoms with E-state index in [1.807, 2.05) is 0 Å². The van der Waals surface area contributed by atoms with Crippen LogP contribution in [-0.4, -0.2) is 16.1 Å². The molecular formula is C111H118Si2. The Morgan fingerprint density at radius 1 is 0.221 bits per heavy atom. The molecule has 0 amide bonds. The summed E-state index contributed by atoms with van der Waals surface area (Å²) in [5.74, 6) is 22.0. The zero-order chi connectivity index (χ0) is 78.4. The van der Waals surface area contributed by atoms with Crippen LogP contribution in [0.4, 0.5) is 0 Å². The Hall–Kier alpha value is -10.0. The number of hydrogen-bond acceptors (Lipinski definition) is 0. The van der Waals surface area contributed by atoms with E-state index in [4.69, 9.17) is 12.8 Å². The first-order valence-electron chi connectivity index (χ1n) is 43.8. The van der Waals surface area contributed by atoms with Gasteiger partial charge in [0, 0.05) is 49.6 Å². The molecule has 0 nitrogen and oxygen atoms in total. The van der Waals surface area contributed by atoms with Gasteiger partial charge in [-0.25, -0.2) is 0 Å². The first kappa shape index (κ1) is 81.0. The Balaban J connectivity index is 0.933. The van der Waals surface area contributed by atoms with Crippen LogP contribution in [-0.2, 0) is 16.2 Å². The lowest BCUT2D eigenvalue weighted by molar-refractivity contribution is 0.401. The SMILES string of the molecule is C#Cc1ccc2c(c1)C(CCCCCC)(CCCCCC)c1cc(C#C[Si](C#Cc3ccc4c(c3)C(CCCCCC)(CCCCCC)c3cc(C#C[Si](C#Cc5ccc6c(c5)C(CCCCCC)(CCCCCC)c5cc(C#C)ccc5-6)(c5ccccc5)c5ccccc5)ccc3-4)(c3ccccc3)c3ccccc3)ccc1-2. The van der Waals surface area contributed by atoms with Crippen LogP contribution in [0.25, 0.3) is 33.4 Å². The van der Waals surface area contributed by atoms with E-state index in [9.17, 15) is 0 Å². The van der Waals surface area contributed by atoms with E-state index in [2.05, 4.69) is 330 Å². The lowest BCUT2D eigenvalue weighted by Gasteiger charge is -2.33. The summed E-state index contributed by atoms with van der Waals surface area (Å²) < 4.78 is 0. The summed E-state index contributed by atoms with van der Waals surface area (Å²) in [6.45, 7) is 13.9. The smallest absolute Gasteiger partial charge is 0.115 e. The van der Waals surface area contributed by atoms with Gasteiger partial charge in [0.25, 0.3) is 16.1 Å². The molecule has 0 spiro atoms. The van der Waals surface area contributed by atoms with Gasteiger partial charge < -0.3 is 0 Å². The van der Waals surface area contributed by atoms with Gasteiger partial charge in [0.1, 0.15) is 0 Å². The van der Waals surface area contributed by atoms with Gasteiger partial charge in [-0.05, 0) is 199 Å². The van der Waals surface area contributed by atoms with Crippen LogP contribution in [0.2, 0.25) is 0 Å². The van der Waals surface area contributed by atoms with Crippen molar-refractivity contribution in [1.82, 2.24) is 0 Å². The minimum Gasteiger partial charge on any atom is -0.115 e. The van der Waals surface area contributed by atoms with Gasteiger partial charge in [0.2, 0.25) is 0 Å². The molecular weight excluding hydrogens is 1390 g/mol. The highest BCUT2D eigenvalue weighted by Gasteiger charge is 2.47. The van der Waals surface area contributed by atoms with E-state index in [1.165, 1.54) is 229 Å². The topological polar surface area (TPSA) is 0 Å². The second-order valence-corrected chi connectivity index (χ2v) is 39.2. The van der Waals surface area contributed by atoms with Crippen LogP contribution in [0, 0.1) is 70.5 Å². The molecule has 0 saturated heterocycles. The number of unbranched alkanes of at least 4 members (excludes halogenated alkanes) is 18. The van der Waals surface area contributed by atoms with Gasteiger partial charge in [-0.1, -0.05) is 411 Å². The third kappa shape index (κ3) is 17.4. The van der Waals surface area contributed by atoms with Crippen LogP contribution in [0.15, 0.2) is 231 Å². The van der Waals surface area contributed by atoms with Crippen LogP contribution < -0.4 is 20.7 Å². The van der Waals surface area contributed by atoms with Crippen LogP contribution in [0.1, 0.15) is 301 Å². The minimum atomic E-state index is -3.21. The van der Waals surface area contributed by atoms with E-state index in [0.29, 0.717) is 0 Å². The second-order valence-electron chi connectivity index (χ2n) is 32.9. The maximum atomic E-state index is 6.22. The average molecular weight is 1510 g/mol. The second kappa shape index (κ2) is 38.7. The van der Waals surface area contributed by atoms with Gasteiger partial charge in [-0.3, -0.25) is 0 Å². The molecule has 0 atom stereocenters. The van der Waals surface area contributed by atoms with Crippen molar-refractivity contribution < 1.29 is 0 Å². The van der Waals surface area contributed by atoms with E-state index < -0.39 is 16.1 Å². The normalized spacial score (nSPS) is 13.3. The highest BCUT2D eigenvalue weighted by Crippen LogP contribution is 2.58. The van der Waals surface area contributed by atoms with E-state index >= 15 is 0 Å². The molecule has 0 aliphatic heterocycles. The summed E-state index contributed by atoms with van der Waals surface area (Å²) in [5, 5.41) is 4.78. The number of terminal acetylenes is 2. The lowest BCUT2D eigenvalue weighted by Crippen LogP contribution is -2.57. The maximum Gasteiger partial charge on any atom is 0.276 e. The van der Waals surface area contributed by atoms with E-state index in [1.54, 1.807) is 0 Å². The summed E-state index contributed by atoms with van der Waals surface area (Å²) in [6, 6.07) is 86.7. The fourth-order valence-corrected chi connectivity index (χ4v) is 25.5. The summed E-state index contributed by atoms with van der Waals surface area (Å²) in [6.07, 6.45) is 48.0. The highest BCUT2D eigenvalue weighted by atomic mass is 28.3. The molecule has 0 aromatic heterocycles. The van der Waals surface area contributed by atoms with Gasteiger partial charge in [0.05, 0.1) is 0 Å². The van der Waals surface area contributed by atoms with Gasteiger partial charge >= 0.3 is 0 Å². The first-order chi connectivity index (χ1) is 55.6. The molecule has 113 heavy (non-hydrogen) atoms. The Bertz CT molecular complexity index is 4820. The molecule has 0 heterocycles. The van der Waals surface area contributed by atoms with E-state index in [-0.39, 0.29) is 16.2 Å². The monoisotopic (exact) mass is 1510 g/mol. The molecule has 3 aliphatic carbocycles. The van der Waals surface area contributed by atoms with Crippen LogP contribution in [0.5, 0.6) is 0 Å². The zero-order valence-electron chi connectivity index (χ0n) is 68.8. The molecule has 570 valence electrons. The number of hydrogen-bond donors (Lipinski definition) is 0. The molecule has 10 aromatic rings. The van der Waals surface area contributed by atoms with Crippen molar-refractivity contribution in [3.8, 4) is 104 Å². The van der Waals surface area contributed by atoms with Gasteiger partial charge in [0.15, 0.2) is 0 Å². The Morgan fingerprint density at radius 2 is 0.407 bits per heavy atom.